The Bertz CT molecular complexity index is 966. The highest BCUT2D eigenvalue weighted by Crippen LogP contribution is 2.35. The van der Waals surface area contributed by atoms with Gasteiger partial charge in [-0.2, -0.15) is 10.1 Å². The number of para-hydroxylation sites is 2. The fourth-order valence-corrected chi connectivity index (χ4v) is 2.74. The highest BCUT2D eigenvalue weighted by Gasteiger charge is 2.29. The minimum absolute atomic E-state index is 0.256. The minimum Gasteiger partial charge on any atom is -0.493 e. The molecule has 3 rings (SSSR count). The molecule has 7 heteroatoms. The van der Waals surface area contributed by atoms with Crippen LogP contribution < -0.4 is 14.5 Å². The Morgan fingerprint density at radius 1 is 1.18 bits per heavy atom. The summed E-state index contributed by atoms with van der Waals surface area (Å²) in [7, 11) is 1.47. The fourth-order valence-electron chi connectivity index (χ4n) is 2.74. The molecule has 144 valence electrons. The molecule has 0 radical (unpaired) electrons. The first-order valence-corrected chi connectivity index (χ1v) is 8.65. The summed E-state index contributed by atoms with van der Waals surface area (Å²) in [5, 5.41) is 14.8. The SMILES string of the molecule is COc1cccc(/C=C2/C(=O)N(c3ccccc3)N=C2C)c1O[C@H](C)C(=O)O. The molecule has 1 aliphatic heterocycles. The topological polar surface area (TPSA) is 88.4 Å². The van der Waals surface area contributed by atoms with E-state index in [9.17, 15) is 9.59 Å². The van der Waals surface area contributed by atoms with Gasteiger partial charge in [-0.25, -0.2) is 4.79 Å². The van der Waals surface area contributed by atoms with E-state index in [1.165, 1.54) is 19.0 Å². The van der Waals surface area contributed by atoms with Crippen molar-refractivity contribution in [3.8, 4) is 11.5 Å². The number of hydrazone groups is 1. The molecule has 28 heavy (non-hydrogen) atoms. The number of amides is 1. The molecular formula is C21H20N2O5. The van der Waals surface area contributed by atoms with Gasteiger partial charge in [0.05, 0.1) is 24.1 Å². The Labute approximate surface area is 162 Å². The van der Waals surface area contributed by atoms with Crippen LogP contribution in [0.2, 0.25) is 0 Å². The van der Waals surface area contributed by atoms with E-state index in [0.717, 1.165) is 0 Å². The monoisotopic (exact) mass is 380 g/mol. The molecule has 1 N–H and O–H groups in total. The van der Waals surface area contributed by atoms with Crippen LogP contribution >= 0.6 is 0 Å². The Hall–Kier alpha value is -3.61. The van der Waals surface area contributed by atoms with E-state index in [2.05, 4.69) is 5.10 Å². The Morgan fingerprint density at radius 3 is 2.54 bits per heavy atom. The van der Waals surface area contributed by atoms with Crippen LogP contribution in [0.15, 0.2) is 59.2 Å². The van der Waals surface area contributed by atoms with Crippen molar-refractivity contribution in [2.45, 2.75) is 20.0 Å². The quantitative estimate of drug-likeness (QED) is 0.777. The van der Waals surface area contributed by atoms with Crippen LogP contribution in [-0.2, 0) is 9.59 Å². The molecular weight excluding hydrogens is 360 g/mol. The van der Waals surface area contributed by atoms with Crippen molar-refractivity contribution in [3.05, 3.63) is 59.7 Å². The number of carboxylic acid groups (broad SMARTS) is 1. The van der Waals surface area contributed by atoms with E-state index >= 15 is 0 Å². The fraction of sp³-hybridized carbons (Fsp3) is 0.190. The lowest BCUT2D eigenvalue weighted by Gasteiger charge is -2.16. The summed E-state index contributed by atoms with van der Waals surface area (Å²) in [5.74, 6) is -0.744. The molecule has 1 atom stereocenters. The molecule has 0 bridgehead atoms. The van der Waals surface area contributed by atoms with Gasteiger partial charge in [0.15, 0.2) is 17.6 Å². The predicted molar refractivity (Wildman–Crippen MR) is 106 cm³/mol. The van der Waals surface area contributed by atoms with Gasteiger partial charge in [0.2, 0.25) is 0 Å². The van der Waals surface area contributed by atoms with E-state index in [1.54, 1.807) is 43.3 Å². The molecule has 2 aromatic rings. The van der Waals surface area contributed by atoms with Crippen molar-refractivity contribution in [1.82, 2.24) is 0 Å². The highest BCUT2D eigenvalue weighted by atomic mass is 16.5. The molecule has 0 saturated heterocycles. The summed E-state index contributed by atoms with van der Waals surface area (Å²) in [6.07, 6.45) is 0.555. The number of anilines is 1. The maximum absolute atomic E-state index is 12.9. The summed E-state index contributed by atoms with van der Waals surface area (Å²) >= 11 is 0. The van der Waals surface area contributed by atoms with E-state index in [0.29, 0.717) is 28.3 Å². The Morgan fingerprint density at radius 2 is 1.89 bits per heavy atom. The van der Waals surface area contributed by atoms with Gasteiger partial charge in [0.1, 0.15) is 0 Å². The molecule has 1 heterocycles. The smallest absolute Gasteiger partial charge is 0.344 e. The van der Waals surface area contributed by atoms with Gasteiger partial charge in [-0.1, -0.05) is 30.3 Å². The number of carbonyl (C=O) groups is 2. The number of carboxylic acids is 1. The minimum atomic E-state index is -1.10. The first kappa shape index (κ1) is 19.2. The number of hydrogen-bond donors (Lipinski definition) is 1. The van der Waals surface area contributed by atoms with E-state index in [-0.39, 0.29) is 11.7 Å². The summed E-state index contributed by atoms with van der Waals surface area (Å²) in [5.41, 5.74) is 2.14. The summed E-state index contributed by atoms with van der Waals surface area (Å²) in [6.45, 7) is 3.17. The van der Waals surface area contributed by atoms with Crippen LogP contribution in [0.25, 0.3) is 6.08 Å². The van der Waals surface area contributed by atoms with Crippen LogP contribution in [0.1, 0.15) is 19.4 Å². The zero-order chi connectivity index (χ0) is 20.3. The van der Waals surface area contributed by atoms with Crippen LogP contribution in [-0.4, -0.2) is 35.9 Å². The average Bonchev–Trinajstić information content (AvgIpc) is 2.97. The molecule has 0 saturated carbocycles. The largest absolute Gasteiger partial charge is 0.493 e. The molecule has 0 unspecified atom stereocenters. The number of benzene rings is 2. The molecule has 1 aliphatic rings. The molecule has 0 aromatic heterocycles. The van der Waals surface area contributed by atoms with Gasteiger partial charge < -0.3 is 14.6 Å². The van der Waals surface area contributed by atoms with Crippen molar-refractivity contribution in [1.29, 1.82) is 0 Å². The predicted octanol–water partition coefficient (Wildman–Crippen LogP) is 3.35. The Kier molecular flexibility index (Phi) is 5.44. The number of rotatable bonds is 6. The molecule has 0 aliphatic carbocycles. The molecule has 7 nitrogen and oxygen atoms in total. The van der Waals surface area contributed by atoms with E-state index in [1.807, 2.05) is 18.2 Å². The molecule has 2 aromatic carbocycles. The van der Waals surface area contributed by atoms with Crippen molar-refractivity contribution < 1.29 is 24.2 Å². The third-order valence-corrected chi connectivity index (χ3v) is 4.23. The van der Waals surface area contributed by atoms with Crippen molar-refractivity contribution >= 4 is 29.4 Å². The summed E-state index contributed by atoms with van der Waals surface area (Å²) in [6, 6.07) is 14.3. The second-order valence-electron chi connectivity index (χ2n) is 6.17. The van der Waals surface area contributed by atoms with E-state index < -0.39 is 12.1 Å². The maximum Gasteiger partial charge on any atom is 0.344 e. The number of aliphatic carboxylic acids is 1. The first-order chi connectivity index (χ1) is 13.4. The van der Waals surface area contributed by atoms with Crippen LogP contribution in [0, 0.1) is 0 Å². The lowest BCUT2D eigenvalue weighted by Crippen LogP contribution is -2.23. The average molecular weight is 380 g/mol. The second kappa shape index (κ2) is 7.96. The maximum atomic E-state index is 12.9. The van der Waals surface area contributed by atoms with Crippen LogP contribution in [0.5, 0.6) is 11.5 Å². The lowest BCUT2D eigenvalue weighted by molar-refractivity contribution is -0.144. The summed E-state index contributed by atoms with van der Waals surface area (Å²) in [4.78, 5) is 24.1. The van der Waals surface area contributed by atoms with Crippen molar-refractivity contribution in [2.75, 3.05) is 12.1 Å². The van der Waals surface area contributed by atoms with Crippen LogP contribution in [0.3, 0.4) is 0 Å². The highest BCUT2D eigenvalue weighted by molar-refractivity contribution is 6.32. The standard InChI is InChI=1S/C21H20N2O5/c1-13-17(20(24)23(22-13)16-9-5-4-6-10-16)12-15-8-7-11-18(27-3)19(15)28-14(2)21(25)26/h4-12,14H,1-3H3,(H,25,26)/b17-12+/t14-/m1/s1. The third kappa shape index (κ3) is 3.73. The van der Waals surface area contributed by atoms with E-state index in [4.69, 9.17) is 14.6 Å². The number of ether oxygens (including phenoxy) is 2. The zero-order valence-electron chi connectivity index (χ0n) is 15.7. The van der Waals surface area contributed by atoms with Gasteiger partial charge in [0, 0.05) is 5.56 Å². The van der Waals surface area contributed by atoms with Gasteiger partial charge in [0.25, 0.3) is 5.91 Å². The van der Waals surface area contributed by atoms with Crippen molar-refractivity contribution in [2.24, 2.45) is 5.10 Å². The van der Waals surface area contributed by atoms with Crippen molar-refractivity contribution in [3.63, 3.8) is 0 Å². The summed E-state index contributed by atoms with van der Waals surface area (Å²) < 4.78 is 10.9. The van der Waals surface area contributed by atoms with Gasteiger partial charge in [-0.3, -0.25) is 4.79 Å². The number of carbonyl (C=O) groups excluding carboxylic acids is 1. The van der Waals surface area contributed by atoms with Gasteiger partial charge >= 0.3 is 5.97 Å². The normalized spacial score (nSPS) is 16.1. The molecule has 0 spiro atoms. The Balaban J connectivity index is 2.01. The number of methoxy groups -OCH3 is 1. The molecule has 1 amide bonds. The molecule has 0 fully saturated rings. The van der Waals surface area contributed by atoms with Crippen LogP contribution in [0.4, 0.5) is 5.69 Å². The van der Waals surface area contributed by atoms with Gasteiger partial charge in [-0.05, 0) is 38.1 Å². The lowest BCUT2D eigenvalue weighted by atomic mass is 10.1. The third-order valence-electron chi connectivity index (χ3n) is 4.23. The number of hydrogen-bond acceptors (Lipinski definition) is 5. The zero-order valence-corrected chi connectivity index (χ0v) is 15.7. The first-order valence-electron chi connectivity index (χ1n) is 8.65. The number of nitrogens with zero attached hydrogens (tertiary/aromatic N) is 2. The second-order valence-corrected chi connectivity index (χ2v) is 6.17. The van der Waals surface area contributed by atoms with Gasteiger partial charge in [-0.15, -0.1) is 0 Å².